The summed E-state index contributed by atoms with van der Waals surface area (Å²) >= 11 is 5.93. The summed E-state index contributed by atoms with van der Waals surface area (Å²) in [4.78, 5) is 4.48. The minimum Gasteiger partial charge on any atom is -0.398 e. The van der Waals surface area contributed by atoms with E-state index >= 15 is 0 Å². The number of nitrogen functional groups attached to an aromatic ring is 1. The van der Waals surface area contributed by atoms with Gasteiger partial charge in [0, 0.05) is 28.0 Å². The van der Waals surface area contributed by atoms with Crippen molar-refractivity contribution in [3.05, 3.63) is 33.8 Å². The van der Waals surface area contributed by atoms with E-state index in [1.54, 1.807) is 12.4 Å². The Balaban J connectivity index is 2.55. The zero-order chi connectivity index (χ0) is 11.1. The van der Waals surface area contributed by atoms with Crippen LogP contribution in [-0.2, 0) is 0 Å². The molecule has 0 unspecified atom stereocenters. The first kappa shape index (κ1) is 9.30. The van der Waals surface area contributed by atoms with Gasteiger partial charge in [-0.05, 0) is 18.2 Å². The first-order chi connectivity index (χ1) is 7.75. The molecule has 16 heavy (non-hydrogen) atoms. The van der Waals surface area contributed by atoms with Crippen molar-refractivity contribution in [2.45, 2.75) is 0 Å². The number of nitrogens with one attached hydrogen (secondary N) is 2. The second-order valence-electron chi connectivity index (χ2n) is 3.56. The van der Waals surface area contributed by atoms with Gasteiger partial charge < -0.3 is 16.6 Å². The molecule has 0 fully saturated rings. The van der Waals surface area contributed by atoms with E-state index < -0.39 is 0 Å². The zero-order valence-corrected chi connectivity index (χ0v) is 9.05. The molecule has 0 saturated heterocycles. The molecule has 0 spiro atoms. The Labute approximate surface area is 96.4 Å². The van der Waals surface area contributed by atoms with Crippen LogP contribution in [0.3, 0.4) is 0 Å². The van der Waals surface area contributed by atoms with Crippen LogP contribution in [0.25, 0.3) is 23.3 Å². The van der Waals surface area contributed by atoms with Crippen LogP contribution in [0.2, 0.25) is 5.02 Å². The number of nitrogens with two attached hydrogens (primary N) is 1. The first-order valence-corrected chi connectivity index (χ1v) is 5.20. The Bertz CT molecular complexity index is 693. The molecule has 5 heteroatoms. The molecular formula is C11H9ClN4. The maximum atomic E-state index is 6.09. The van der Waals surface area contributed by atoms with Crippen LogP contribution in [0.5, 0.6) is 0 Å². The highest BCUT2D eigenvalue weighted by molar-refractivity contribution is 6.31. The third-order valence-electron chi connectivity index (χ3n) is 2.57. The fraction of sp³-hybridized carbons (Fsp3) is 0. The van der Waals surface area contributed by atoms with E-state index in [0.29, 0.717) is 10.7 Å². The molecular weight excluding hydrogens is 224 g/mol. The summed E-state index contributed by atoms with van der Waals surface area (Å²) in [6, 6.07) is 5.51. The highest BCUT2D eigenvalue weighted by atomic mass is 35.5. The van der Waals surface area contributed by atoms with Crippen LogP contribution in [0.15, 0.2) is 18.2 Å². The van der Waals surface area contributed by atoms with Crippen LogP contribution >= 0.6 is 11.6 Å². The molecule has 2 heterocycles. The second kappa shape index (κ2) is 3.28. The van der Waals surface area contributed by atoms with E-state index in [0.717, 1.165) is 21.5 Å². The topological polar surface area (TPSA) is 63.0 Å². The highest BCUT2D eigenvalue weighted by Gasteiger charge is 2.05. The number of anilines is 1. The SMILES string of the molecule is Nc1c2c(nc3cc(Cl)ccc13)=CNNC=2. The molecule has 0 amide bonds. The summed E-state index contributed by atoms with van der Waals surface area (Å²) in [6.45, 7) is 0. The van der Waals surface area contributed by atoms with Crippen molar-refractivity contribution in [3.63, 3.8) is 0 Å². The predicted octanol–water partition coefficient (Wildman–Crippen LogP) is 0.0542. The van der Waals surface area contributed by atoms with E-state index in [1.165, 1.54) is 0 Å². The smallest absolute Gasteiger partial charge is 0.0921 e. The normalized spacial score (nSPS) is 13.1. The number of aromatic nitrogens is 1. The largest absolute Gasteiger partial charge is 0.398 e. The van der Waals surface area contributed by atoms with Crippen molar-refractivity contribution in [2.75, 3.05) is 5.73 Å². The van der Waals surface area contributed by atoms with Gasteiger partial charge in [0.1, 0.15) is 0 Å². The van der Waals surface area contributed by atoms with E-state index in [2.05, 4.69) is 15.8 Å². The Morgan fingerprint density at radius 3 is 2.88 bits per heavy atom. The van der Waals surface area contributed by atoms with E-state index in [-0.39, 0.29) is 0 Å². The van der Waals surface area contributed by atoms with Gasteiger partial charge in [-0.1, -0.05) is 11.6 Å². The molecule has 0 aliphatic carbocycles. The van der Waals surface area contributed by atoms with Gasteiger partial charge in [-0.15, -0.1) is 0 Å². The molecule has 0 bridgehead atoms. The van der Waals surface area contributed by atoms with Gasteiger partial charge in [-0.3, -0.25) is 0 Å². The van der Waals surface area contributed by atoms with Crippen molar-refractivity contribution in [3.8, 4) is 0 Å². The maximum Gasteiger partial charge on any atom is 0.0921 e. The molecule has 3 rings (SSSR count). The number of hydrogen-bond acceptors (Lipinski definition) is 4. The fourth-order valence-electron chi connectivity index (χ4n) is 1.78. The van der Waals surface area contributed by atoms with E-state index in [9.17, 15) is 0 Å². The average molecular weight is 233 g/mol. The Hall–Kier alpha value is -1.94. The summed E-state index contributed by atoms with van der Waals surface area (Å²) in [5.74, 6) is 0. The quantitative estimate of drug-likeness (QED) is 0.601. The van der Waals surface area contributed by atoms with Gasteiger partial charge in [0.2, 0.25) is 0 Å². The Kier molecular flexibility index (Phi) is 1.91. The van der Waals surface area contributed by atoms with Crippen molar-refractivity contribution >= 4 is 40.6 Å². The third-order valence-corrected chi connectivity index (χ3v) is 2.80. The monoisotopic (exact) mass is 232 g/mol. The van der Waals surface area contributed by atoms with Crippen molar-refractivity contribution in [1.82, 2.24) is 15.8 Å². The van der Waals surface area contributed by atoms with Gasteiger partial charge in [-0.2, -0.15) is 0 Å². The molecule has 1 aromatic heterocycles. The number of hydrogen-bond donors (Lipinski definition) is 3. The Morgan fingerprint density at radius 1 is 1.19 bits per heavy atom. The molecule has 0 atom stereocenters. The van der Waals surface area contributed by atoms with Crippen LogP contribution in [0, 0.1) is 0 Å². The summed E-state index contributed by atoms with van der Waals surface area (Å²) in [5, 5.41) is 3.28. The number of hydrazine groups is 1. The van der Waals surface area contributed by atoms with Crippen LogP contribution < -0.4 is 27.2 Å². The number of halogens is 1. The van der Waals surface area contributed by atoms with Gasteiger partial charge in [0.15, 0.2) is 0 Å². The number of rotatable bonds is 0. The number of nitrogens with zero attached hydrogens (tertiary/aromatic N) is 1. The first-order valence-electron chi connectivity index (χ1n) is 4.82. The van der Waals surface area contributed by atoms with E-state index in [1.807, 2.05) is 18.2 Å². The molecule has 0 radical (unpaired) electrons. The minimum absolute atomic E-state index is 0.658. The summed E-state index contributed by atoms with van der Waals surface area (Å²) in [7, 11) is 0. The third kappa shape index (κ3) is 1.27. The number of pyridine rings is 1. The van der Waals surface area contributed by atoms with Gasteiger partial charge in [0.25, 0.3) is 0 Å². The molecule has 4 nitrogen and oxygen atoms in total. The van der Waals surface area contributed by atoms with Crippen molar-refractivity contribution in [2.24, 2.45) is 0 Å². The van der Waals surface area contributed by atoms with Crippen LogP contribution in [0.1, 0.15) is 0 Å². The molecule has 80 valence electrons. The van der Waals surface area contributed by atoms with Crippen LogP contribution in [-0.4, -0.2) is 4.98 Å². The fourth-order valence-corrected chi connectivity index (χ4v) is 1.95. The zero-order valence-electron chi connectivity index (χ0n) is 8.29. The molecule has 1 aliphatic rings. The van der Waals surface area contributed by atoms with Gasteiger partial charge in [0.05, 0.1) is 16.6 Å². The van der Waals surface area contributed by atoms with Crippen molar-refractivity contribution < 1.29 is 0 Å². The van der Waals surface area contributed by atoms with E-state index in [4.69, 9.17) is 17.3 Å². The summed E-state index contributed by atoms with van der Waals surface area (Å²) < 4.78 is 0. The lowest BCUT2D eigenvalue weighted by Gasteiger charge is -2.09. The van der Waals surface area contributed by atoms with Crippen LogP contribution in [0.4, 0.5) is 5.69 Å². The maximum absolute atomic E-state index is 6.09. The van der Waals surface area contributed by atoms with Crippen molar-refractivity contribution in [1.29, 1.82) is 0 Å². The lowest BCUT2D eigenvalue weighted by molar-refractivity contribution is 0.838. The molecule has 1 aromatic carbocycles. The number of benzene rings is 1. The lowest BCUT2D eigenvalue weighted by atomic mass is 10.1. The molecule has 0 saturated carbocycles. The lowest BCUT2D eigenvalue weighted by Crippen LogP contribution is -2.42. The summed E-state index contributed by atoms with van der Waals surface area (Å²) in [6.07, 6.45) is 3.57. The Morgan fingerprint density at radius 2 is 2.00 bits per heavy atom. The number of fused-ring (bicyclic) bond motifs is 2. The molecule has 1 aliphatic heterocycles. The highest BCUT2D eigenvalue weighted by Crippen LogP contribution is 2.18. The standard InChI is InChI=1S/C11H9ClN4/c12-6-1-2-7-9(3-6)16-10-5-15-14-4-8(10)11(7)13/h1-5,14-15H,13H2. The minimum atomic E-state index is 0.658. The van der Waals surface area contributed by atoms with Gasteiger partial charge >= 0.3 is 0 Å². The van der Waals surface area contributed by atoms with Gasteiger partial charge in [-0.25, -0.2) is 4.98 Å². The predicted molar refractivity (Wildman–Crippen MR) is 65.6 cm³/mol. The average Bonchev–Trinajstić information content (AvgIpc) is 2.29. The second-order valence-corrected chi connectivity index (χ2v) is 4.00. The molecule has 4 N–H and O–H groups in total. The molecule has 2 aromatic rings. The summed E-state index contributed by atoms with van der Waals surface area (Å²) in [5.41, 5.74) is 13.3.